The highest BCUT2D eigenvalue weighted by Gasteiger charge is 2.08. The van der Waals surface area contributed by atoms with E-state index in [1.807, 2.05) is 6.07 Å². The number of nitrogens with zero attached hydrogens (tertiary/aromatic N) is 1. The van der Waals surface area contributed by atoms with E-state index in [-0.39, 0.29) is 0 Å². The summed E-state index contributed by atoms with van der Waals surface area (Å²) in [5.74, 6) is 0.00349. The first kappa shape index (κ1) is 18.9. The Morgan fingerprint density at radius 1 is 1.00 bits per heavy atom. The van der Waals surface area contributed by atoms with E-state index < -0.39 is 5.97 Å². The minimum absolute atomic E-state index is 0.428. The van der Waals surface area contributed by atoms with Crippen LogP contribution in [0.4, 0.5) is 0 Å². The molecule has 0 aliphatic heterocycles. The first-order chi connectivity index (χ1) is 13.0. The molecule has 0 spiro atoms. The van der Waals surface area contributed by atoms with E-state index in [2.05, 4.69) is 22.0 Å². The lowest BCUT2D eigenvalue weighted by Gasteiger charge is -2.05. The lowest BCUT2D eigenvalue weighted by atomic mass is 10.0. The topological polar surface area (TPSA) is 50.1 Å². The summed E-state index contributed by atoms with van der Waals surface area (Å²) in [5.41, 5.74) is 2.53. The maximum Gasteiger partial charge on any atom is 0.343 e. The lowest BCUT2D eigenvalue weighted by molar-refractivity contribution is 0.0734. The van der Waals surface area contributed by atoms with E-state index in [1.165, 1.54) is 0 Å². The fourth-order valence-corrected chi connectivity index (χ4v) is 2.84. The van der Waals surface area contributed by atoms with Gasteiger partial charge in [0, 0.05) is 9.50 Å². The molecule has 0 saturated heterocycles. The molecule has 0 heterocycles. The summed E-state index contributed by atoms with van der Waals surface area (Å²) in [6, 6.07) is 23.2. The van der Waals surface area contributed by atoms with Gasteiger partial charge in [-0.25, -0.2) is 4.79 Å². The first-order valence-electron chi connectivity index (χ1n) is 8.01. The molecule has 0 aliphatic carbocycles. The Morgan fingerprint density at radius 2 is 1.70 bits per heavy atom. The van der Waals surface area contributed by atoms with Crippen molar-refractivity contribution in [2.75, 3.05) is 0 Å². The number of carbonyl (C=O) groups excluding carboxylic acids is 1. The van der Waals surface area contributed by atoms with Crippen LogP contribution < -0.4 is 4.74 Å². The first-order valence-corrected chi connectivity index (χ1v) is 9.18. The molecular formula is C22H13BrClNO2. The minimum atomic E-state index is -0.428. The molecule has 0 radical (unpaired) electrons. The second-order valence-corrected chi connectivity index (χ2v) is 7.00. The van der Waals surface area contributed by atoms with Crippen LogP contribution in [0.25, 0.3) is 11.6 Å². The molecule has 0 fully saturated rings. The van der Waals surface area contributed by atoms with Crippen molar-refractivity contribution in [2.45, 2.75) is 0 Å². The third-order valence-corrected chi connectivity index (χ3v) is 4.50. The monoisotopic (exact) mass is 437 g/mol. The van der Waals surface area contributed by atoms with Gasteiger partial charge < -0.3 is 4.74 Å². The number of halogens is 2. The summed E-state index contributed by atoms with van der Waals surface area (Å²) >= 11 is 9.32. The molecule has 5 heteroatoms. The predicted octanol–water partition coefficient (Wildman–Crippen LogP) is 6.39. The SMILES string of the molecule is N#C/C(=C/c1ccc(OC(=O)c2ccc(Br)cc2)cc1)c1cccc(Cl)c1. The van der Waals surface area contributed by atoms with Crippen molar-refractivity contribution in [3.63, 3.8) is 0 Å². The van der Waals surface area contributed by atoms with Gasteiger partial charge in [-0.3, -0.25) is 0 Å². The summed E-state index contributed by atoms with van der Waals surface area (Å²) < 4.78 is 6.26. The van der Waals surface area contributed by atoms with Crippen LogP contribution in [0, 0.1) is 11.3 Å². The largest absolute Gasteiger partial charge is 0.423 e. The van der Waals surface area contributed by atoms with Gasteiger partial charge in [0.1, 0.15) is 5.75 Å². The average molecular weight is 439 g/mol. The molecule has 0 N–H and O–H groups in total. The number of benzene rings is 3. The minimum Gasteiger partial charge on any atom is -0.423 e. The van der Waals surface area contributed by atoms with Crippen molar-refractivity contribution < 1.29 is 9.53 Å². The van der Waals surface area contributed by atoms with E-state index in [4.69, 9.17) is 16.3 Å². The van der Waals surface area contributed by atoms with Gasteiger partial charge in [0.25, 0.3) is 0 Å². The van der Waals surface area contributed by atoms with Gasteiger partial charge >= 0.3 is 5.97 Å². The van der Waals surface area contributed by atoms with E-state index >= 15 is 0 Å². The fourth-order valence-electron chi connectivity index (χ4n) is 2.39. The summed E-state index contributed by atoms with van der Waals surface area (Å²) in [6.45, 7) is 0. The number of esters is 1. The Bertz CT molecular complexity index is 1040. The highest BCUT2D eigenvalue weighted by atomic mass is 79.9. The smallest absolute Gasteiger partial charge is 0.343 e. The normalized spacial score (nSPS) is 10.9. The van der Waals surface area contributed by atoms with Crippen LogP contribution >= 0.6 is 27.5 Å². The summed E-state index contributed by atoms with van der Waals surface area (Å²) in [6.07, 6.45) is 1.76. The van der Waals surface area contributed by atoms with Gasteiger partial charge in [-0.1, -0.05) is 51.8 Å². The molecule has 0 aromatic heterocycles. The molecule has 3 aromatic rings. The highest BCUT2D eigenvalue weighted by molar-refractivity contribution is 9.10. The molecule has 132 valence electrons. The third-order valence-electron chi connectivity index (χ3n) is 3.74. The van der Waals surface area contributed by atoms with Crippen LogP contribution in [0.3, 0.4) is 0 Å². The molecule has 3 aromatic carbocycles. The number of hydrogen-bond acceptors (Lipinski definition) is 3. The molecule has 3 rings (SSSR count). The molecule has 0 aliphatic rings. The molecular weight excluding hydrogens is 426 g/mol. The van der Waals surface area contributed by atoms with Gasteiger partial charge in [0.15, 0.2) is 0 Å². The van der Waals surface area contributed by atoms with Gasteiger partial charge in [0.2, 0.25) is 0 Å². The van der Waals surface area contributed by atoms with Crippen LogP contribution in [-0.2, 0) is 0 Å². The highest BCUT2D eigenvalue weighted by Crippen LogP contribution is 2.22. The number of hydrogen-bond donors (Lipinski definition) is 0. The van der Waals surface area contributed by atoms with Crippen molar-refractivity contribution >= 4 is 45.1 Å². The number of carbonyl (C=O) groups is 1. The second kappa shape index (κ2) is 8.68. The molecule has 0 amide bonds. The Hall–Kier alpha value is -2.87. The second-order valence-electron chi connectivity index (χ2n) is 5.65. The summed E-state index contributed by atoms with van der Waals surface area (Å²) in [7, 11) is 0. The van der Waals surface area contributed by atoms with Crippen molar-refractivity contribution in [2.24, 2.45) is 0 Å². The Kier molecular flexibility index (Phi) is 6.08. The van der Waals surface area contributed by atoms with Gasteiger partial charge in [-0.05, 0) is 65.7 Å². The van der Waals surface area contributed by atoms with Crippen molar-refractivity contribution in [3.8, 4) is 11.8 Å². The molecule has 0 saturated carbocycles. The Morgan fingerprint density at radius 3 is 2.33 bits per heavy atom. The zero-order chi connectivity index (χ0) is 19.2. The number of ether oxygens (including phenoxy) is 1. The summed E-state index contributed by atoms with van der Waals surface area (Å²) in [4.78, 5) is 12.1. The van der Waals surface area contributed by atoms with E-state index in [9.17, 15) is 10.1 Å². The van der Waals surface area contributed by atoms with Crippen LogP contribution in [0.5, 0.6) is 5.75 Å². The zero-order valence-electron chi connectivity index (χ0n) is 14.0. The average Bonchev–Trinajstić information content (AvgIpc) is 2.68. The van der Waals surface area contributed by atoms with E-state index in [0.717, 1.165) is 15.6 Å². The maximum absolute atomic E-state index is 12.1. The molecule has 3 nitrogen and oxygen atoms in total. The Labute approximate surface area is 170 Å². The van der Waals surface area contributed by atoms with Gasteiger partial charge in [0.05, 0.1) is 17.2 Å². The number of rotatable bonds is 4. The quantitative estimate of drug-likeness (QED) is 0.205. The van der Waals surface area contributed by atoms with Gasteiger partial charge in [-0.15, -0.1) is 0 Å². The van der Waals surface area contributed by atoms with Gasteiger partial charge in [-0.2, -0.15) is 5.26 Å². The third kappa shape index (κ3) is 5.07. The lowest BCUT2D eigenvalue weighted by Crippen LogP contribution is -2.08. The number of allylic oxidation sites excluding steroid dienone is 1. The van der Waals surface area contributed by atoms with Crippen LogP contribution in [-0.4, -0.2) is 5.97 Å². The van der Waals surface area contributed by atoms with E-state index in [1.54, 1.807) is 72.8 Å². The molecule has 27 heavy (non-hydrogen) atoms. The standard InChI is InChI=1S/C22H13BrClNO2/c23-19-8-6-16(7-9-19)22(26)27-21-10-4-15(5-11-21)12-18(14-25)17-2-1-3-20(24)13-17/h1-13H/b18-12-. The molecule has 0 unspecified atom stereocenters. The maximum atomic E-state index is 12.1. The Balaban J connectivity index is 1.75. The zero-order valence-corrected chi connectivity index (χ0v) is 16.4. The van der Waals surface area contributed by atoms with Crippen LogP contribution in [0.1, 0.15) is 21.5 Å². The van der Waals surface area contributed by atoms with Crippen molar-refractivity contribution in [1.29, 1.82) is 5.26 Å². The molecule has 0 atom stereocenters. The van der Waals surface area contributed by atoms with Crippen molar-refractivity contribution in [1.82, 2.24) is 0 Å². The summed E-state index contributed by atoms with van der Waals surface area (Å²) in [5, 5.41) is 9.99. The van der Waals surface area contributed by atoms with Crippen molar-refractivity contribution in [3.05, 3.63) is 99.0 Å². The molecule has 0 bridgehead atoms. The fraction of sp³-hybridized carbons (Fsp3) is 0. The van der Waals surface area contributed by atoms with Crippen LogP contribution in [0.15, 0.2) is 77.3 Å². The van der Waals surface area contributed by atoms with E-state index in [0.29, 0.717) is 21.9 Å². The predicted molar refractivity (Wildman–Crippen MR) is 110 cm³/mol. The van der Waals surface area contributed by atoms with Crippen LogP contribution in [0.2, 0.25) is 5.02 Å². The number of nitriles is 1.